The highest BCUT2D eigenvalue weighted by Crippen LogP contribution is 2.16. The summed E-state index contributed by atoms with van der Waals surface area (Å²) in [6.07, 6.45) is 2.14. The predicted molar refractivity (Wildman–Crippen MR) is 58.5 cm³/mol. The molecule has 2 heteroatoms. The summed E-state index contributed by atoms with van der Waals surface area (Å²) >= 11 is 5.93. The molecule has 0 unspecified atom stereocenters. The molecule has 0 bridgehead atoms. The third-order valence-corrected chi connectivity index (χ3v) is 2.43. The lowest BCUT2D eigenvalue weighted by atomic mass is 10.0. The molecule has 13 heavy (non-hydrogen) atoms. The average molecular weight is 198 g/mol. The molecule has 0 atom stereocenters. The molecule has 0 aromatic heterocycles. The van der Waals surface area contributed by atoms with E-state index in [9.17, 15) is 0 Å². The van der Waals surface area contributed by atoms with Crippen LogP contribution in [-0.2, 0) is 12.8 Å². The van der Waals surface area contributed by atoms with Crippen molar-refractivity contribution in [2.45, 2.75) is 19.8 Å². The third-order valence-electron chi connectivity index (χ3n) is 2.19. The molecule has 0 aliphatic heterocycles. The van der Waals surface area contributed by atoms with Crippen molar-refractivity contribution in [1.82, 2.24) is 5.32 Å². The number of hydrogen-bond acceptors (Lipinski definition) is 1. The van der Waals surface area contributed by atoms with Crippen LogP contribution in [0.25, 0.3) is 0 Å². The van der Waals surface area contributed by atoms with Crippen LogP contribution in [0, 0.1) is 0 Å². The fourth-order valence-electron chi connectivity index (χ4n) is 1.43. The second-order valence-corrected chi connectivity index (χ2v) is 3.56. The van der Waals surface area contributed by atoms with Crippen molar-refractivity contribution >= 4 is 11.6 Å². The van der Waals surface area contributed by atoms with Gasteiger partial charge in [0, 0.05) is 5.02 Å². The van der Waals surface area contributed by atoms with Gasteiger partial charge >= 0.3 is 0 Å². The Morgan fingerprint density at radius 1 is 1.31 bits per heavy atom. The molecule has 72 valence electrons. The zero-order valence-electron chi connectivity index (χ0n) is 8.23. The van der Waals surface area contributed by atoms with E-state index >= 15 is 0 Å². The number of benzene rings is 1. The monoisotopic (exact) mass is 197 g/mol. The highest BCUT2D eigenvalue weighted by Gasteiger charge is 2.00. The Bertz CT molecular complexity index is 271. The molecule has 0 aliphatic rings. The smallest absolute Gasteiger partial charge is 0.0408 e. The normalized spacial score (nSPS) is 10.4. The van der Waals surface area contributed by atoms with Gasteiger partial charge in [-0.05, 0) is 49.7 Å². The van der Waals surface area contributed by atoms with Crippen molar-refractivity contribution in [2.75, 3.05) is 13.6 Å². The molecular formula is C11H16ClN. The summed E-state index contributed by atoms with van der Waals surface area (Å²) in [5, 5.41) is 3.98. The van der Waals surface area contributed by atoms with Gasteiger partial charge in [0.2, 0.25) is 0 Å². The van der Waals surface area contributed by atoms with Crippen molar-refractivity contribution in [3.63, 3.8) is 0 Å². The first kappa shape index (κ1) is 10.6. The van der Waals surface area contributed by atoms with Gasteiger partial charge in [0.1, 0.15) is 0 Å². The van der Waals surface area contributed by atoms with E-state index in [4.69, 9.17) is 11.6 Å². The first-order valence-electron chi connectivity index (χ1n) is 4.69. The van der Waals surface area contributed by atoms with Crippen LogP contribution < -0.4 is 5.32 Å². The highest BCUT2D eigenvalue weighted by atomic mass is 35.5. The van der Waals surface area contributed by atoms with Crippen molar-refractivity contribution in [3.05, 3.63) is 34.3 Å². The summed E-state index contributed by atoms with van der Waals surface area (Å²) in [5.74, 6) is 0. The maximum Gasteiger partial charge on any atom is 0.0408 e. The number of rotatable bonds is 4. The van der Waals surface area contributed by atoms with E-state index < -0.39 is 0 Å². The van der Waals surface area contributed by atoms with E-state index in [-0.39, 0.29) is 0 Å². The van der Waals surface area contributed by atoms with Crippen molar-refractivity contribution < 1.29 is 0 Å². The fraction of sp³-hybridized carbons (Fsp3) is 0.455. The van der Waals surface area contributed by atoms with Crippen molar-refractivity contribution in [1.29, 1.82) is 0 Å². The zero-order valence-corrected chi connectivity index (χ0v) is 8.99. The molecule has 0 aliphatic carbocycles. The van der Waals surface area contributed by atoms with Gasteiger partial charge in [-0.3, -0.25) is 0 Å². The molecule has 0 heterocycles. The fourth-order valence-corrected chi connectivity index (χ4v) is 1.63. The molecule has 1 rings (SSSR count). The van der Waals surface area contributed by atoms with E-state index in [0.717, 1.165) is 24.4 Å². The lowest BCUT2D eigenvalue weighted by Gasteiger charge is -2.07. The first-order chi connectivity index (χ1) is 6.27. The molecule has 0 fully saturated rings. The van der Waals surface area contributed by atoms with Crippen molar-refractivity contribution in [3.8, 4) is 0 Å². The molecule has 0 saturated heterocycles. The second-order valence-electron chi connectivity index (χ2n) is 3.12. The quantitative estimate of drug-likeness (QED) is 0.783. The Labute approximate surface area is 85.1 Å². The van der Waals surface area contributed by atoms with Crippen LogP contribution in [0.4, 0.5) is 0 Å². The molecule has 1 nitrogen and oxygen atoms in total. The van der Waals surface area contributed by atoms with E-state index in [2.05, 4.69) is 24.4 Å². The molecule has 1 N–H and O–H groups in total. The summed E-state index contributed by atoms with van der Waals surface area (Å²) in [5.41, 5.74) is 2.77. The van der Waals surface area contributed by atoms with Crippen LogP contribution in [0.1, 0.15) is 18.1 Å². The SMILES string of the molecule is CCc1ccc(Cl)cc1CCNC. The van der Waals surface area contributed by atoms with E-state index in [1.54, 1.807) is 0 Å². The first-order valence-corrected chi connectivity index (χ1v) is 5.07. The van der Waals surface area contributed by atoms with Crippen LogP contribution in [-0.4, -0.2) is 13.6 Å². The topological polar surface area (TPSA) is 12.0 Å². The minimum Gasteiger partial charge on any atom is -0.319 e. The second kappa shape index (κ2) is 5.25. The third kappa shape index (κ3) is 3.02. The van der Waals surface area contributed by atoms with Crippen LogP contribution in [0.5, 0.6) is 0 Å². The average Bonchev–Trinajstić information content (AvgIpc) is 2.15. The summed E-state index contributed by atoms with van der Waals surface area (Å²) in [7, 11) is 1.97. The maximum atomic E-state index is 5.93. The summed E-state index contributed by atoms with van der Waals surface area (Å²) in [6, 6.07) is 6.15. The van der Waals surface area contributed by atoms with Gasteiger partial charge in [-0.15, -0.1) is 0 Å². The van der Waals surface area contributed by atoms with Gasteiger partial charge in [0.25, 0.3) is 0 Å². The maximum absolute atomic E-state index is 5.93. The van der Waals surface area contributed by atoms with Gasteiger partial charge in [-0.25, -0.2) is 0 Å². The van der Waals surface area contributed by atoms with E-state index in [1.807, 2.05) is 13.1 Å². The van der Waals surface area contributed by atoms with Gasteiger partial charge in [-0.1, -0.05) is 24.6 Å². The molecule has 0 saturated carbocycles. The largest absolute Gasteiger partial charge is 0.319 e. The van der Waals surface area contributed by atoms with E-state index in [1.165, 1.54) is 11.1 Å². The minimum atomic E-state index is 0.836. The number of aryl methyl sites for hydroxylation is 1. The van der Waals surface area contributed by atoms with Crippen LogP contribution >= 0.6 is 11.6 Å². The summed E-state index contributed by atoms with van der Waals surface area (Å²) < 4.78 is 0. The van der Waals surface area contributed by atoms with Crippen LogP contribution in [0.3, 0.4) is 0 Å². The standard InChI is InChI=1S/C11H16ClN/c1-3-9-4-5-11(12)8-10(9)6-7-13-2/h4-5,8,13H,3,6-7H2,1-2H3. The van der Waals surface area contributed by atoms with Crippen LogP contribution in [0.15, 0.2) is 18.2 Å². The van der Waals surface area contributed by atoms with Gasteiger partial charge in [0.05, 0.1) is 0 Å². The number of nitrogens with one attached hydrogen (secondary N) is 1. The van der Waals surface area contributed by atoms with Gasteiger partial charge in [0.15, 0.2) is 0 Å². The Hall–Kier alpha value is -0.530. The van der Waals surface area contributed by atoms with Gasteiger partial charge in [-0.2, -0.15) is 0 Å². The Morgan fingerprint density at radius 3 is 2.69 bits per heavy atom. The number of halogens is 1. The lowest BCUT2D eigenvalue weighted by molar-refractivity contribution is 0.785. The molecule has 0 spiro atoms. The van der Waals surface area contributed by atoms with Crippen LogP contribution in [0.2, 0.25) is 5.02 Å². The molecular weight excluding hydrogens is 182 g/mol. The molecule has 1 aromatic rings. The van der Waals surface area contributed by atoms with Gasteiger partial charge < -0.3 is 5.32 Å². The Balaban J connectivity index is 2.81. The Kier molecular flexibility index (Phi) is 4.26. The molecule has 1 aromatic carbocycles. The summed E-state index contributed by atoms with van der Waals surface area (Å²) in [6.45, 7) is 3.18. The lowest BCUT2D eigenvalue weighted by Crippen LogP contribution is -2.11. The zero-order chi connectivity index (χ0) is 9.68. The highest BCUT2D eigenvalue weighted by molar-refractivity contribution is 6.30. The molecule has 0 amide bonds. The number of likely N-dealkylation sites (N-methyl/N-ethyl adjacent to an activating group) is 1. The summed E-state index contributed by atoms with van der Waals surface area (Å²) in [4.78, 5) is 0. The minimum absolute atomic E-state index is 0.836. The number of hydrogen-bond donors (Lipinski definition) is 1. The van der Waals surface area contributed by atoms with Crippen molar-refractivity contribution in [2.24, 2.45) is 0 Å². The predicted octanol–water partition coefficient (Wildman–Crippen LogP) is 2.66. The van der Waals surface area contributed by atoms with E-state index in [0.29, 0.717) is 0 Å². The molecule has 0 radical (unpaired) electrons. The Morgan fingerprint density at radius 2 is 2.08 bits per heavy atom.